The van der Waals surface area contributed by atoms with Crippen molar-refractivity contribution in [2.24, 2.45) is 17.8 Å². The molecular formula is C18H27N. The zero-order valence-corrected chi connectivity index (χ0v) is 12.5. The van der Waals surface area contributed by atoms with E-state index in [1.54, 1.807) is 0 Å². The minimum Gasteiger partial charge on any atom is -0.307 e. The lowest BCUT2D eigenvalue weighted by Crippen LogP contribution is -2.37. The highest BCUT2D eigenvalue weighted by atomic mass is 14.9. The van der Waals surface area contributed by atoms with Crippen LogP contribution in [0.4, 0.5) is 0 Å². The van der Waals surface area contributed by atoms with Gasteiger partial charge in [-0.05, 0) is 63.4 Å². The van der Waals surface area contributed by atoms with Gasteiger partial charge < -0.3 is 5.32 Å². The Bertz CT molecular complexity index is 422. The van der Waals surface area contributed by atoms with Crippen molar-refractivity contribution in [3.63, 3.8) is 0 Å². The molecule has 1 nitrogen and oxygen atoms in total. The molecule has 0 amide bonds. The van der Waals surface area contributed by atoms with Crippen LogP contribution in [0.15, 0.2) is 24.3 Å². The van der Waals surface area contributed by atoms with Crippen LogP contribution in [0.3, 0.4) is 0 Å². The molecule has 0 saturated heterocycles. The molecule has 1 heteroatoms. The molecule has 2 fully saturated rings. The third-order valence-electron chi connectivity index (χ3n) is 5.53. The predicted octanol–water partition coefficient (Wildman–Crippen LogP) is 4.47. The molecule has 1 aromatic carbocycles. The van der Waals surface area contributed by atoms with Crippen molar-refractivity contribution < 1.29 is 0 Å². The van der Waals surface area contributed by atoms with Crippen molar-refractivity contribution in [1.29, 1.82) is 0 Å². The molecule has 19 heavy (non-hydrogen) atoms. The molecule has 1 aromatic rings. The molecule has 5 unspecified atom stereocenters. The minimum absolute atomic E-state index is 0.467. The fraction of sp³-hybridized carbons (Fsp3) is 0.667. The number of nitrogens with one attached hydrogen (secondary N) is 1. The van der Waals surface area contributed by atoms with Crippen molar-refractivity contribution >= 4 is 0 Å². The average molecular weight is 257 g/mol. The summed E-state index contributed by atoms with van der Waals surface area (Å²) in [5.74, 6) is 2.98. The van der Waals surface area contributed by atoms with E-state index in [0.29, 0.717) is 12.1 Å². The molecule has 104 valence electrons. The van der Waals surface area contributed by atoms with Gasteiger partial charge in [0.15, 0.2) is 0 Å². The second-order valence-electron chi connectivity index (χ2n) is 6.93. The Hall–Kier alpha value is -0.820. The van der Waals surface area contributed by atoms with E-state index in [9.17, 15) is 0 Å². The number of benzene rings is 1. The molecule has 2 saturated carbocycles. The molecule has 2 aliphatic carbocycles. The first-order chi connectivity index (χ1) is 9.13. The smallest absolute Gasteiger partial charge is 0.0294 e. The lowest BCUT2D eigenvalue weighted by molar-refractivity contribution is 0.248. The third kappa shape index (κ3) is 2.72. The Kier molecular flexibility index (Phi) is 3.66. The summed E-state index contributed by atoms with van der Waals surface area (Å²) in [6.45, 7) is 6.85. The van der Waals surface area contributed by atoms with Gasteiger partial charge in [-0.15, -0.1) is 0 Å². The van der Waals surface area contributed by atoms with Crippen LogP contribution in [0.2, 0.25) is 0 Å². The molecule has 1 N–H and O–H groups in total. The van der Waals surface area contributed by atoms with E-state index in [1.807, 2.05) is 0 Å². The summed E-state index contributed by atoms with van der Waals surface area (Å²) in [6, 6.07) is 10.1. The highest BCUT2D eigenvalue weighted by molar-refractivity contribution is 5.23. The van der Waals surface area contributed by atoms with Gasteiger partial charge in [0, 0.05) is 12.1 Å². The van der Waals surface area contributed by atoms with Gasteiger partial charge in [0.2, 0.25) is 0 Å². The maximum Gasteiger partial charge on any atom is 0.0294 e. The normalized spacial score (nSPS) is 32.5. The Labute approximate surface area is 117 Å². The summed E-state index contributed by atoms with van der Waals surface area (Å²) < 4.78 is 0. The summed E-state index contributed by atoms with van der Waals surface area (Å²) in [7, 11) is 0. The number of fused-ring (bicyclic) bond motifs is 2. The molecule has 0 aromatic heterocycles. The predicted molar refractivity (Wildman–Crippen MR) is 81.1 cm³/mol. The molecule has 5 atom stereocenters. The van der Waals surface area contributed by atoms with E-state index in [-0.39, 0.29) is 0 Å². The standard InChI is InChI=1S/C18H27N/c1-12-4-7-16(8-5-12)13(2)19-14(3)18-11-15-6-9-17(18)10-15/h4-5,7-8,13-15,17-19H,6,9-11H2,1-3H3. The van der Waals surface area contributed by atoms with Crippen LogP contribution >= 0.6 is 0 Å². The zero-order valence-electron chi connectivity index (χ0n) is 12.5. The lowest BCUT2D eigenvalue weighted by atomic mass is 9.83. The fourth-order valence-corrected chi connectivity index (χ4v) is 4.38. The lowest BCUT2D eigenvalue weighted by Gasteiger charge is -2.31. The first-order valence-corrected chi connectivity index (χ1v) is 7.96. The maximum atomic E-state index is 3.84. The molecule has 0 radical (unpaired) electrons. The Morgan fingerprint density at radius 3 is 2.37 bits per heavy atom. The highest BCUT2D eigenvalue weighted by Gasteiger charge is 2.41. The molecule has 0 heterocycles. The number of aryl methyl sites for hydroxylation is 1. The summed E-state index contributed by atoms with van der Waals surface area (Å²) >= 11 is 0. The third-order valence-corrected chi connectivity index (χ3v) is 5.53. The van der Waals surface area contributed by atoms with Crippen molar-refractivity contribution in [2.45, 2.75) is 58.5 Å². The van der Waals surface area contributed by atoms with E-state index in [4.69, 9.17) is 0 Å². The summed E-state index contributed by atoms with van der Waals surface area (Å²) in [4.78, 5) is 0. The van der Waals surface area contributed by atoms with Crippen molar-refractivity contribution in [3.8, 4) is 0 Å². The molecule has 2 aliphatic rings. The molecule has 2 bridgehead atoms. The van der Waals surface area contributed by atoms with Gasteiger partial charge >= 0.3 is 0 Å². The largest absolute Gasteiger partial charge is 0.307 e. The van der Waals surface area contributed by atoms with Gasteiger partial charge in [0.05, 0.1) is 0 Å². The van der Waals surface area contributed by atoms with Crippen molar-refractivity contribution in [2.75, 3.05) is 0 Å². The van der Waals surface area contributed by atoms with Gasteiger partial charge in [-0.3, -0.25) is 0 Å². The minimum atomic E-state index is 0.467. The molecule has 3 rings (SSSR count). The van der Waals surface area contributed by atoms with E-state index in [1.165, 1.54) is 36.8 Å². The van der Waals surface area contributed by atoms with E-state index < -0.39 is 0 Å². The summed E-state index contributed by atoms with van der Waals surface area (Å²) in [5, 5.41) is 3.84. The Balaban J connectivity index is 1.60. The SMILES string of the molecule is Cc1ccc(C(C)NC(C)C2CC3CCC2C3)cc1. The Morgan fingerprint density at radius 1 is 1.05 bits per heavy atom. The topological polar surface area (TPSA) is 12.0 Å². The summed E-state index contributed by atoms with van der Waals surface area (Å²) in [5.41, 5.74) is 2.76. The zero-order chi connectivity index (χ0) is 13.4. The summed E-state index contributed by atoms with van der Waals surface area (Å²) in [6.07, 6.45) is 5.97. The van der Waals surface area contributed by atoms with Crippen LogP contribution in [-0.4, -0.2) is 6.04 Å². The maximum absolute atomic E-state index is 3.84. The number of hydrogen-bond donors (Lipinski definition) is 1. The van der Waals surface area contributed by atoms with Crippen LogP contribution in [0, 0.1) is 24.7 Å². The van der Waals surface area contributed by atoms with Gasteiger partial charge in [-0.1, -0.05) is 36.2 Å². The fourth-order valence-electron chi connectivity index (χ4n) is 4.38. The first-order valence-electron chi connectivity index (χ1n) is 7.96. The van der Waals surface area contributed by atoms with Gasteiger partial charge in [-0.25, -0.2) is 0 Å². The second kappa shape index (κ2) is 5.28. The van der Waals surface area contributed by atoms with Crippen molar-refractivity contribution in [3.05, 3.63) is 35.4 Å². The van der Waals surface area contributed by atoms with Crippen LogP contribution in [0.25, 0.3) is 0 Å². The second-order valence-corrected chi connectivity index (χ2v) is 6.93. The molecule has 0 spiro atoms. The van der Waals surface area contributed by atoms with E-state index in [2.05, 4.69) is 50.4 Å². The van der Waals surface area contributed by atoms with Crippen LogP contribution in [0.1, 0.15) is 56.7 Å². The van der Waals surface area contributed by atoms with Gasteiger partial charge in [-0.2, -0.15) is 0 Å². The van der Waals surface area contributed by atoms with Crippen LogP contribution in [0.5, 0.6) is 0 Å². The van der Waals surface area contributed by atoms with Crippen LogP contribution < -0.4 is 5.32 Å². The van der Waals surface area contributed by atoms with E-state index >= 15 is 0 Å². The molecule has 0 aliphatic heterocycles. The number of rotatable bonds is 4. The number of hydrogen-bond acceptors (Lipinski definition) is 1. The van der Waals surface area contributed by atoms with Gasteiger partial charge in [0.1, 0.15) is 0 Å². The van der Waals surface area contributed by atoms with E-state index in [0.717, 1.165) is 17.8 Å². The quantitative estimate of drug-likeness (QED) is 0.839. The Morgan fingerprint density at radius 2 is 1.79 bits per heavy atom. The average Bonchev–Trinajstić information content (AvgIpc) is 3.01. The monoisotopic (exact) mass is 257 g/mol. The van der Waals surface area contributed by atoms with Gasteiger partial charge in [0.25, 0.3) is 0 Å². The van der Waals surface area contributed by atoms with Crippen LogP contribution in [-0.2, 0) is 0 Å². The highest BCUT2D eigenvalue weighted by Crippen LogP contribution is 2.49. The van der Waals surface area contributed by atoms with Crippen molar-refractivity contribution in [1.82, 2.24) is 5.32 Å². The molecular weight excluding hydrogens is 230 g/mol. The first kappa shape index (κ1) is 13.2.